The van der Waals surface area contributed by atoms with Crippen molar-refractivity contribution in [2.75, 3.05) is 30.8 Å². The predicted molar refractivity (Wildman–Crippen MR) is 64.4 cm³/mol. The summed E-state index contributed by atoms with van der Waals surface area (Å²) in [6.45, 7) is 1.36. The lowest BCUT2D eigenvalue weighted by molar-refractivity contribution is 0.0382. The monoisotopic (exact) mass is 233 g/mol. The first-order valence-corrected chi connectivity index (χ1v) is 5.47. The molecule has 0 bridgehead atoms. The Bertz CT molecular complexity index is 448. The van der Waals surface area contributed by atoms with Gasteiger partial charge in [-0.05, 0) is 18.2 Å². The molecule has 5 heteroatoms. The molecule has 17 heavy (non-hydrogen) atoms. The fourth-order valence-electron chi connectivity index (χ4n) is 1.78. The van der Waals surface area contributed by atoms with Crippen molar-refractivity contribution < 1.29 is 9.84 Å². The Morgan fingerprint density at radius 3 is 3.00 bits per heavy atom. The van der Waals surface area contributed by atoms with Gasteiger partial charge in [-0.15, -0.1) is 0 Å². The Morgan fingerprint density at radius 2 is 2.41 bits per heavy atom. The van der Waals surface area contributed by atoms with Crippen molar-refractivity contribution in [3.8, 4) is 6.07 Å². The number of ether oxygens (including phenoxy) is 1. The Balaban J connectivity index is 2.00. The van der Waals surface area contributed by atoms with Crippen molar-refractivity contribution in [3.63, 3.8) is 0 Å². The second-order valence-corrected chi connectivity index (χ2v) is 4.29. The molecule has 2 rings (SSSR count). The Hall–Kier alpha value is -1.77. The van der Waals surface area contributed by atoms with Gasteiger partial charge in [0.2, 0.25) is 0 Å². The van der Waals surface area contributed by atoms with E-state index in [-0.39, 0.29) is 0 Å². The maximum atomic E-state index is 10.1. The van der Waals surface area contributed by atoms with E-state index in [1.54, 1.807) is 18.2 Å². The molecule has 1 aromatic rings. The number of hydrogen-bond donors (Lipinski definition) is 3. The van der Waals surface area contributed by atoms with E-state index in [0.717, 1.165) is 5.69 Å². The first-order valence-electron chi connectivity index (χ1n) is 5.47. The maximum Gasteiger partial charge on any atom is 0.107 e. The van der Waals surface area contributed by atoms with Crippen LogP contribution >= 0.6 is 0 Å². The second kappa shape index (κ2) is 4.62. The standard InChI is InChI=1S/C12H15N3O2/c13-6-9-1-2-10(5-11(9)14)15-7-12(16)3-4-17-8-12/h1-2,5,15-16H,3-4,7-8,14H2. The van der Waals surface area contributed by atoms with Gasteiger partial charge in [0.1, 0.15) is 11.7 Å². The Labute approximate surface area is 99.8 Å². The van der Waals surface area contributed by atoms with Gasteiger partial charge in [-0.2, -0.15) is 5.26 Å². The van der Waals surface area contributed by atoms with E-state index in [0.29, 0.717) is 37.4 Å². The second-order valence-electron chi connectivity index (χ2n) is 4.29. The molecule has 0 aliphatic carbocycles. The molecule has 0 radical (unpaired) electrons. The molecule has 0 aromatic heterocycles. The summed E-state index contributed by atoms with van der Waals surface area (Å²) in [5.74, 6) is 0. The Kier molecular flexibility index (Phi) is 3.18. The van der Waals surface area contributed by atoms with Crippen LogP contribution < -0.4 is 11.1 Å². The third-order valence-electron chi connectivity index (χ3n) is 2.88. The molecule has 0 saturated carbocycles. The number of nitriles is 1. The van der Waals surface area contributed by atoms with Crippen LogP contribution in [0.3, 0.4) is 0 Å². The molecule has 1 aromatic carbocycles. The van der Waals surface area contributed by atoms with Crippen molar-refractivity contribution in [1.29, 1.82) is 5.26 Å². The highest BCUT2D eigenvalue weighted by Gasteiger charge is 2.31. The molecule has 1 atom stereocenters. The van der Waals surface area contributed by atoms with E-state index < -0.39 is 5.60 Å². The summed E-state index contributed by atoms with van der Waals surface area (Å²) in [5, 5.41) is 21.9. The van der Waals surface area contributed by atoms with E-state index in [1.807, 2.05) is 6.07 Å². The number of benzene rings is 1. The van der Waals surface area contributed by atoms with E-state index in [9.17, 15) is 5.11 Å². The summed E-state index contributed by atoms with van der Waals surface area (Å²) in [4.78, 5) is 0. The summed E-state index contributed by atoms with van der Waals surface area (Å²) < 4.78 is 5.15. The zero-order valence-corrected chi connectivity index (χ0v) is 9.44. The number of nitrogens with zero attached hydrogens (tertiary/aromatic N) is 1. The number of aliphatic hydroxyl groups is 1. The molecular formula is C12H15N3O2. The third kappa shape index (κ3) is 2.67. The molecule has 1 aliphatic heterocycles. The van der Waals surface area contributed by atoms with Gasteiger partial charge < -0.3 is 20.9 Å². The minimum Gasteiger partial charge on any atom is -0.398 e. The number of nitrogen functional groups attached to an aromatic ring is 1. The predicted octanol–water partition coefficient (Wildman–Crippen LogP) is 0.704. The summed E-state index contributed by atoms with van der Waals surface area (Å²) in [6.07, 6.45) is 0.631. The maximum absolute atomic E-state index is 10.1. The highest BCUT2D eigenvalue weighted by atomic mass is 16.5. The van der Waals surface area contributed by atoms with Crippen LogP contribution in [0, 0.1) is 11.3 Å². The van der Waals surface area contributed by atoms with E-state index >= 15 is 0 Å². The van der Waals surface area contributed by atoms with Gasteiger partial charge >= 0.3 is 0 Å². The lowest BCUT2D eigenvalue weighted by Gasteiger charge is -2.21. The van der Waals surface area contributed by atoms with E-state index in [1.165, 1.54) is 0 Å². The molecule has 1 saturated heterocycles. The Morgan fingerprint density at radius 1 is 1.59 bits per heavy atom. The average Bonchev–Trinajstić information content (AvgIpc) is 2.74. The largest absolute Gasteiger partial charge is 0.398 e. The summed E-state index contributed by atoms with van der Waals surface area (Å²) in [7, 11) is 0. The molecule has 0 amide bonds. The van der Waals surface area contributed by atoms with Gasteiger partial charge in [0.05, 0.1) is 17.9 Å². The van der Waals surface area contributed by atoms with Crippen LogP contribution in [0.2, 0.25) is 0 Å². The van der Waals surface area contributed by atoms with Crippen LogP contribution in [0.25, 0.3) is 0 Å². The van der Waals surface area contributed by atoms with Crippen LogP contribution in [0.5, 0.6) is 0 Å². The summed E-state index contributed by atoms with van der Waals surface area (Å²) in [5.41, 5.74) is 6.58. The van der Waals surface area contributed by atoms with Crippen LogP contribution in [0.1, 0.15) is 12.0 Å². The van der Waals surface area contributed by atoms with Crippen LogP contribution in [0.15, 0.2) is 18.2 Å². The van der Waals surface area contributed by atoms with E-state index in [4.69, 9.17) is 15.7 Å². The van der Waals surface area contributed by atoms with Gasteiger partial charge in [-0.25, -0.2) is 0 Å². The van der Waals surface area contributed by atoms with Crippen molar-refractivity contribution >= 4 is 11.4 Å². The van der Waals surface area contributed by atoms with Gasteiger partial charge in [-0.1, -0.05) is 0 Å². The average molecular weight is 233 g/mol. The van der Waals surface area contributed by atoms with Crippen molar-refractivity contribution in [2.45, 2.75) is 12.0 Å². The SMILES string of the molecule is N#Cc1ccc(NCC2(O)CCOC2)cc1N. The van der Waals surface area contributed by atoms with E-state index in [2.05, 4.69) is 5.32 Å². The van der Waals surface area contributed by atoms with Gasteiger partial charge in [0.15, 0.2) is 0 Å². The van der Waals surface area contributed by atoms with Crippen LogP contribution in [0.4, 0.5) is 11.4 Å². The highest BCUT2D eigenvalue weighted by Crippen LogP contribution is 2.21. The van der Waals surface area contributed by atoms with Gasteiger partial charge in [-0.3, -0.25) is 0 Å². The normalized spacial score (nSPS) is 23.3. The smallest absolute Gasteiger partial charge is 0.107 e. The molecule has 1 heterocycles. The topological polar surface area (TPSA) is 91.3 Å². The van der Waals surface area contributed by atoms with Gasteiger partial charge in [0, 0.05) is 25.3 Å². The molecular weight excluding hydrogens is 218 g/mol. The number of rotatable bonds is 3. The quantitative estimate of drug-likeness (QED) is 0.668. The van der Waals surface area contributed by atoms with Crippen molar-refractivity contribution in [3.05, 3.63) is 23.8 Å². The fraction of sp³-hybridized carbons (Fsp3) is 0.417. The molecule has 1 unspecified atom stereocenters. The molecule has 5 nitrogen and oxygen atoms in total. The summed E-state index contributed by atoms with van der Waals surface area (Å²) >= 11 is 0. The molecule has 4 N–H and O–H groups in total. The molecule has 0 spiro atoms. The molecule has 1 fully saturated rings. The number of nitrogens with two attached hydrogens (primary N) is 1. The minimum atomic E-state index is -0.803. The van der Waals surface area contributed by atoms with Crippen molar-refractivity contribution in [1.82, 2.24) is 0 Å². The number of hydrogen-bond acceptors (Lipinski definition) is 5. The van der Waals surface area contributed by atoms with Crippen molar-refractivity contribution in [2.24, 2.45) is 0 Å². The van der Waals surface area contributed by atoms with Crippen LogP contribution in [-0.4, -0.2) is 30.5 Å². The van der Waals surface area contributed by atoms with Gasteiger partial charge in [0.25, 0.3) is 0 Å². The molecule has 1 aliphatic rings. The highest BCUT2D eigenvalue weighted by molar-refractivity contribution is 5.62. The summed E-state index contributed by atoms with van der Waals surface area (Å²) in [6, 6.07) is 7.13. The number of nitrogens with one attached hydrogen (secondary N) is 1. The zero-order chi connectivity index (χ0) is 12.3. The number of anilines is 2. The zero-order valence-electron chi connectivity index (χ0n) is 9.44. The first kappa shape index (κ1) is 11.7. The third-order valence-corrected chi connectivity index (χ3v) is 2.88. The molecule has 90 valence electrons. The minimum absolute atomic E-state index is 0.353. The fourth-order valence-corrected chi connectivity index (χ4v) is 1.78. The lowest BCUT2D eigenvalue weighted by Crippen LogP contribution is -2.37. The lowest BCUT2D eigenvalue weighted by atomic mass is 10.0. The van der Waals surface area contributed by atoms with Crippen LogP contribution in [-0.2, 0) is 4.74 Å². The first-order chi connectivity index (χ1) is 8.13.